The first-order chi connectivity index (χ1) is 8.56. The van der Waals surface area contributed by atoms with Gasteiger partial charge in [-0.1, -0.05) is 50.1 Å². The van der Waals surface area contributed by atoms with E-state index in [4.69, 9.17) is 0 Å². The zero-order valence-electron chi connectivity index (χ0n) is 9.34. The molecule has 4 heteroatoms. The number of rotatable bonds is 3. The molecule has 0 nitrogen and oxygen atoms in total. The monoisotopic (exact) mass is 374 g/mol. The minimum absolute atomic E-state index is 0.174. The second-order valence-electron chi connectivity index (χ2n) is 3.97. The summed E-state index contributed by atoms with van der Waals surface area (Å²) in [4.78, 5) is -0.174. The van der Waals surface area contributed by atoms with Gasteiger partial charge < -0.3 is 0 Å². The molecule has 0 radical (unpaired) electrons. The zero-order chi connectivity index (χ0) is 13.1. The fourth-order valence-electron chi connectivity index (χ4n) is 1.74. The largest absolute Gasteiger partial charge is 0.207 e. The predicted octanol–water partition coefficient (Wildman–Crippen LogP) is 5.41. The molecule has 1 unspecified atom stereocenters. The van der Waals surface area contributed by atoms with E-state index in [9.17, 15) is 8.78 Å². The Kier molecular flexibility index (Phi) is 4.51. The van der Waals surface area contributed by atoms with Gasteiger partial charge in [0.15, 0.2) is 0 Å². The van der Waals surface area contributed by atoms with Crippen molar-refractivity contribution in [2.75, 3.05) is 0 Å². The van der Waals surface area contributed by atoms with Crippen molar-refractivity contribution in [2.45, 2.75) is 11.2 Å². The number of alkyl halides is 1. The molecule has 2 rings (SSSR count). The fraction of sp³-hybridized carbons (Fsp3) is 0.143. The van der Waals surface area contributed by atoms with E-state index in [1.807, 2.05) is 6.07 Å². The van der Waals surface area contributed by atoms with Crippen LogP contribution in [0.5, 0.6) is 0 Å². The third-order valence-corrected chi connectivity index (χ3v) is 3.91. The lowest BCUT2D eigenvalue weighted by Crippen LogP contribution is -1.99. The van der Waals surface area contributed by atoms with Gasteiger partial charge in [0.2, 0.25) is 0 Å². The lowest BCUT2D eigenvalue weighted by atomic mass is 10.0. The third-order valence-electron chi connectivity index (χ3n) is 2.60. The van der Waals surface area contributed by atoms with Gasteiger partial charge in [0.1, 0.15) is 11.6 Å². The molecule has 0 aromatic heterocycles. The zero-order valence-corrected chi connectivity index (χ0v) is 12.5. The maximum Gasteiger partial charge on any atom is 0.128 e. The fourth-order valence-corrected chi connectivity index (χ4v) is 2.81. The van der Waals surface area contributed by atoms with Crippen molar-refractivity contribution in [1.82, 2.24) is 0 Å². The Hall–Kier alpha value is -0.740. The Morgan fingerprint density at radius 1 is 1.06 bits per heavy atom. The molecule has 0 aliphatic rings. The summed E-state index contributed by atoms with van der Waals surface area (Å²) in [7, 11) is 0. The molecule has 0 saturated carbocycles. The number of benzene rings is 2. The Labute approximate surface area is 121 Å². The molecule has 0 saturated heterocycles. The van der Waals surface area contributed by atoms with E-state index in [1.165, 1.54) is 18.2 Å². The van der Waals surface area contributed by atoms with Gasteiger partial charge in [-0.15, -0.1) is 0 Å². The summed E-state index contributed by atoms with van der Waals surface area (Å²) in [6.45, 7) is 0. The highest BCUT2D eigenvalue weighted by atomic mass is 79.9. The van der Waals surface area contributed by atoms with Crippen molar-refractivity contribution < 1.29 is 8.78 Å². The molecule has 0 aliphatic carbocycles. The first-order valence-corrected chi connectivity index (χ1v) is 7.10. The van der Waals surface area contributed by atoms with Crippen molar-refractivity contribution in [3.8, 4) is 0 Å². The first kappa shape index (κ1) is 13.7. The smallest absolute Gasteiger partial charge is 0.128 e. The average Bonchev–Trinajstić information content (AvgIpc) is 2.28. The quantitative estimate of drug-likeness (QED) is 0.629. The first-order valence-electron chi connectivity index (χ1n) is 5.40. The summed E-state index contributed by atoms with van der Waals surface area (Å²) >= 11 is 6.66. The van der Waals surface area contributed by atoms with Crippen LogP contribution in [0.3, 0.4) is 0 Å². The highest BCUT2D eigenvalue weighted by molar-refractivity contribution is 9.10. The maximum atomic E-state index is 13.7. The molecule has 94 valence electrons. The van der Waals surface area contributed by atoms with Crippen LogP contribution in [0.4, 0.5) is 8.78 Å². The SMILES string of the molecule is Fc1cccc(CC(Br)c2ccc(Br)cc2F)c1. The van der Waals surface area contributed by atoms with Gasteiger partial charge in [-0.2, -0.15) is 0 Å². The number of halogens is 4. The standard InChI is InChI=1S/C14H10Br2F2/c15-10-4-5-12(14(18)8-10)13(16)7-9-2-1-3-11(17)6-9/h1-6,8,13H,7H2. The molecule has 2 aromatic rings. The van der Waals surface area contributed by atoms with Crippen LogP contribution in [0.2, 0.25) is 0 Å². The van der Waals surface area contributed by atoms with Crippen molar-refractivity contribution >= 4 is 31.9 Å². The van der Waals surface area contributed by atoms with E-state index in [0.717, 1.165) is 5.56 Å². The lowest BCUT2D eigenvalue weighted by molar-refractivity contribution is 0.606. The van der Waals surface area contributed by atoms with Crippen molar-refractivity contribution in [1.29, 1.82) is 0 Å². The van der Waals surface area contributed by atoms with Crippen LogP contribution in [0.25, 0.3) is 0 Å². The predicted molar refractivity (Wildman–Crippen MR) is 75.9 cm³/mol. The third kappa shape index (κ3) is 3.39. The van der Waals surface area contributed by atoms with E-state index < -0.39 is 0 Å². The molecule has 0 aliphatic heterocycles. The van der Waals surface area contributed by atoms with Crippen molar-refractivity contribution in [3.63, 3.8) is 0 Å². The van der Waals surface area contributed by atoms with Crippen LogP contribution in [0.1, 0.15) is 16.0 Å². The van der Waals surface area contributed by atoms with E-state index in [0.29, 0.717) is 16.5 Å². The molecule has 2 aromatic carbocycles. The summed E-state index contributed by atoms with van der Waals surface area (Å²) in [5.41, 5.74) is 1.40. The highest BCUT2D eigenvalue weighted by Crippen LogP contribution is 2.30. The molecule has 0 bridgehead atoms. The van der Waals surface area contributed by atoms with Crippen LogP contribution < -0.4 is 0 Å². The van der Waals surface area contributed by atoms with E-state index in [-0.39, 0.29) is 16.5 Å². The van der Waals surface area contributed by atoms with Gasteiger partial charge in [-0.05, 0) is 36.2 Å². The molecule has 0 fully saturated rings. The summed E-state index contributed by atoms with van der Waals surface area (Å²) in [6, 6.07) is 11.3. The van der Waals surface area contributed by atoms with E-state index in [2.05, 4.69) is 31.9 Å². The van der Waals surface area contributed by atoms with Gasteiger partial charge in [0, 0.05) is 14.9 Å². The van der Waals surface area contributed by atoms with Gasteiger partial charge >= 0.3 is 0 Å². The van der Waals surface area contributed by atoms with Crippen LogP contribution in [-0.2, 0) is 6.42 Å². The molecule has 0 spiro atoms. The van der Waals surface area contributed by atoms with Crippen molar-refractivity contribution in [2.24, 2.45) is 0 Å². The highest BCUT2D eigenvalue weighted by Gasteiger charge is 2.13. The van der Waals surface area contributed by atoms with Gasteiger partial charge in [-0.25, -0.2) is 8.78 Å². The summed E-state index contributed by atoms with van der Waals surface area (Å²) in [5.74, 6) is -0.550. The second kappa shape index (κ2) is 5.93. The Morgan fingerprint density at radius 2 is 1.83 bits per heavy atom. The molecule has 18 heavy (non-hydrogen) atoms. The van der Waals surface area contributed by atoms with E-state index >= 15 is 0 Å². The minimum Gasteiger partial charge on any atom is -0.207 e. The molecule has 1 atom stereocenters. The Balaban J connectivity index is 2.19. The molecule has 0 heterocycles. The summed E-state index contributed by atoms with van der Waals surface area (Å²) in [6.07, 6.45) is 0.538. The Bertz CT molecular complexity index is 555. The van der Waals surface area contributed by atoms with Crippen LogP contribution >= 0.6 is 31.9 Å². The maximum absolute atomic E-state index is 13.7. The molecule has 0 N–H and O–H groups in total. The topological polar surface area (TPSA) is 0 Å². The van der Waals surface area contributed by atoms with Crippen molar-refractivity contribution in [3.05, 3.63) is 69.7 Å². The second-order valence-corrected chi connectivity index (χ2v) is 5.99. The molecular formula is C14H10Br2F2. The minimum atomic E-state index is -0.275. The molecular weight excluding hydrogens is 366 g/mol. The van der Waals surface area contributed by atoms with Gasteiger partial charge in [0.25, 0.3) is 0 Å². The molecule has 0 amide bonds. The van der Waals surface area contributed by atoms with E-state index in [1.54, 1.807) is 18.2 Å². The van der Waals surface area contributed by atoms with Crippen LogP contribution in [-0.4, -0.2) is 0 Å². The number of hydrogen-bond donors (Lipinski definition) is 0. The normalized spacial score (nSPS) is 12.4. The Morgan fingerprint density at radius 3 is 2.50 bits per heavy atom. The van der Waals surface area contributed by atoms with Gasteiger partial charge in [0.05, 0.1) is 0 Å². The average molecular weight is 376 g/mol. The van der Waals surface area contributed by atoms with Crippen LogP contribution in [0.15, 0.2) is 46.9 Å². The van der Waals surface area contributed by atoms with Gasteiger partial charge in [-0.3, -0.25) is 0 Å². The number of hydrogen-bond acceptors (Lipinski definition) is 0. The lowest BCUT2D eigenvalue weighted by Gasteiger charge is -2.11. The van der Waals surface area contributed by atoms with Crippen LogP contribution in [0, 0.1) is 11.6 Å². The summed E-state index contributed by atoms with van der Waals surface area (Å²) in [5, 5.41) is 0. The summed E-state index contributed by atoms with van der Waals surface area (Å²) < 4.78 is 27.5.